The summed E-state index contributed by atoms with van der Waals surface area (Å²) < 4.78 is 19.7. The van der Waals surface area contributed by atoms with E-state index in [4.69, 9.17) is 21.4 Å². The molecule has 2 N–H and O–H groups in total. The Kier molecular flexibility index (Phi) is 9.54. The van der Waals surface area contributed by atoms with Gasteiger partial charge in [0.05, 0.1) is 23.4 Å². The van der Waals surface area contributed by atoms with E-state index in [9.17, 15) is 19.2 Å². The highest BCUT2D eigenvalue weighted by molar-refractivity contribution is 6.30. The molecule has 0 aliphatic heterocycles. The largest absolute Gasteiger partial charge is 0.482 e. The smallest absolute Gasteiger partial charge is 0.341 e. The Labute approximate surface area is 215 Å². The Morgan fingerprint density at radius 2 is 1.97 bits per heavy atom. The van der Waals surface area contributed by atoms with Crippen molar-refractivity contribution >= 4 is 34.9 Å². The normalized spacial score (nSPS) is 13.8. The van der Waals surface area contributed by atoms with Gasteiger partial charge in [-0.25, -0.2) is 9.18 Å². The molecule has 0 heterocycles. The van der Waals surface area contributed by atoms with Crippen LogP contribution in [0.25, 0.3) is 0 Å². The number of anilines is 2. The van der Waals surface area contributed by atoms with E-state index in [-0.39, 0.29) is 40.3 Å². The molecule has 9 heteroatoms. The van der Waals surface area contributed by atoms with Crippen LogP contribution in [0.3, 0.4) is 0 Å². The van der Waals surface area contributed by atoms with E-state index in [0.29, 0.717) is 17.9 Å². The van der Waals surface area contributed by atoms with Gasteiger partial charge >= 0.3 is 5.97 Å². The molecule has 1 amide bonds. The van der Waals surface area contributed by atoms with Crippen molar-refractivity contribution in [1.82, 2.24) is 0 Å². The average molecular weight is 516 g/mol. The number of carboxylic acids is 1. The third-order valence-electron chi connectivity index (χ3n) is 6.07. The second-order valence-electron chi connectivity index (χ2n) is 9.46. The fourth-order valence-corrected chi connectivity index (χ4v) is 4.73. The molecule has 0 radical (unpaired) electrons. The second kappa shape index (κ2) is 12.6. The van der Waals surface area contributed by atoms with E-state index in [1.54, 1.807) is 0 Å². The highest BCUT2D eigenvalue weighted by atomic mass is 35.5. The van der Waals surface area contributed by atoms with Gasteiger partial charge in [-0.2, -0.15) is 5.26 Å². The molecule has 2 aromatic rings. The van der Waals surface area contributed by atoms with Crippen molar-refractivity contribution in [3.8, 4) is 11.8 Å². The molecule has 1 saturated carbocycles. The Morgan fingerprint density at radius 1 is 1.25 bits per heavy atom. The number of nitrogens with zero attached hydrogens (tertiary/aromatic N) is 2. The van der Waals surface area contributed by atoms with Gasteiger partial charge in [0.25, 0.3) is 0 Å². The Hall–Kier alpha value is -3.31. The number of hydrogen-bond donors (Lipinski definition) is 2. The third kappa shape index (κ3) is 7.34. The molecule has 1 fully saturated rings. The maximum absolute atomic E-state index is 14.3. The quantitative estimate of drug-likeness (QED) is 0.415. The number of nitriles is 1. The van der Waals surface area contributed by atoms with Gasteiger partial charge in [0, 0.05) is 29.7 Å². The molecule has 7 nitrogen and oxygen atoms in total. The van der Waals surface area contributed by atoms with Crippen LogP contribution in [-0.4, -0.2) is 36.2 Å². The van der Waals surface area contributed by atoms with Crippen molar-refractivity contribution in [2.45, 2.75) is 58.4 Å². The van der Waals surface area contributed by atoms with Crippen LogP contribution in [0.2, 0.25) is 5.02 Å². The number of aliphatic carboxylic acids is 1. The number of halogens is 2. The van der Waals surface area contributed by atoms with Crippen LogP contribution >= 0.6 is 11.6 Å². The van der Waals surface area contributed by atoms with Gasteiger partial charge in [0.1, 0.15) is 17.6 Å². The number of carboxylic acid groups (broad SMARTS) is 1. The topological polar surface area (TPSA) is 103 Å². The third-order valence-corrected chi connectivity index (χ3v) is 6.31. The number of nitrogens with one attached hydrogen (secondary N) is 1. The summed E-state index contributed by atoms with van der Waals surface area (Å²) in [5.41, 5.74) is 1.37. The van der Waals surface area contributed by atoms with Gasteiger partial charge in [0.15, 0.2) is 6.61 Å². The van der Waals surface area contributed by atoms with Crippen molar-refractivity contribution < 1.29 is 23.8 Å². The zero-order valence-corrected chi connectivity index (χ0v) is 21.3. The molecular formula is C27H31ClFN3O4. The molecule has 1 aliphatic rings. The number of carbonyl (C=O) groups excluding carboxylic acids is 1. The summed E-state index contributed by atoms with van der Waals surface area (Å²) in [6.07, 6.45) is 5.03. The first-order chi connectivity index (χ1) is 17.2. The van der Waals surface area contributed by atoms with E-state index in [2.05, 4.69) is 30.1 Å². The fourth-order valence-electron chi connectivity index (χ4n) is 4.57. The molecule has 0 saturated heterocycles. The summed E-state index contributed by atoms with van der Waals surface area (Å²) >= 11 is 5.82. The maximum Gasteiger partial charge on any atom is 0.341 e. The van der Waals surface area contributed by atoms with Crippen LogP contribution in [0.1, 0.15) is 57.1 Å². The minimum absolute atomic E-state index is 0.152. The van der Waals surface area contributed by atoms with Gasteiger partial charge in [-0.05, 0) is 36.5 Å². The first-order valence-electron chi connectivity index (χ1n) is 12.1. The van der Waals surface area contributed by atoms with Gasteiger partial charge < -0.3 is 20.1 Å². The summed E-state index contributed by atoms with van der Waals surface area (Å²) in [4.78, 5) is 26.2. The minimum atomic E-state index is -1.16. The summed E-state index contributed by atoms with van der Waals surface area (Å²) in [5, 5.41) is 22.1. The van der Waals surface area contributed by atoms with E-state index < -0.39 is 24.3 Å². The standard InChI is InChI=1S/C27H31ClFN3O4/c1-17(2)15-32(21-6-4-3-5-7-21)27-19(14-30)10-22(36-16-26(34)35)13-24(27)31-25(33)11-18-8-9-20(28)12-23(18)29/h8-10,12-13,17,21H,3-7,11,15-16H2,1-2H3,(H,31,33)(H,34,35). The molecule has 0 unspecified atom stereocenters. The number of hydrogen-bond acceptors (Lipinski definition) is 5. The van der Waals surface area contributed by atoms with Gasteiger partial charge in [-0.15, -0.1) is 0 Å². The fraction of sp³-hybridized carbons (Fsp3) is 0.444. The summed E-state index contributed by atoms with van der Waals surface area (Å²) in [6, 6.07) is 9.55. The number of ether oxygens (including phenoxy) is 1. The van der Waals surface area contributed by atoms with Crippen LogP contribution in [0.4, 0.5) is 15.8 Å². The first kappa shape index (κ1) is 27.3. The zero-order valence-electron chi connectivity index (χ0n) is 20.5. The average Bonchev–Trinajstić information content (AvgIpc) is 2.83. The predicted octanol–water partition coefficient (Wildman–Crippen LogP) is 5.79. The lowest BCUT2D eigenvalue weighted by Gasteiger charge is -2.39. The monoisotopic (exact) mass is 515 g/mol. The summed E-state index contributed by atoms with van der Waals surface area (Å²) in [5.74, 6) is -1.79. The number of carbonyl (C=O) groups is 2. The van der Waals surface area contributed by atoms with Gasteiger partial charge in [-0.3, -0.25) is 4.79 Å². The van der Waals surface area contributed by atoms with E-state index >= 15 is 0 Å². The molecule has 36 heavy (non-hydrogen) atoms. The SMILES string of the molecule is CC(C)CN(c1c(C#N)cc(OCC(=O)O)cc1NC(=O)Cc1ccc(Cl)cc1F)C1CCCCC1. The first-order valence-corrected chi connectivity index (χ1v) is 12.5. The predicted molar refractivity (Wildman–Crippen MR) is 137 cm³/mol. The molecule has 0 spiro atoms. The van der Waals surface area contributed by atoms with Crippen LogP contribution < -0.4 is 15.0 Å². The van der Waals surface area contributed by atoms with E-state index in [1.807, 2.05) is 0 Å². The minimum Gasteiger partial charge on any atom is -0.482 e. The number of benzene rings is 2. The Morgan fingerprint density at radius 3 is 2.58 bits per heavy atom. The van der Waals surface area contributed by atoms with Crippen LogP contribution in [0.15, 0.2) is 30.3 Å². The van der Waals surface area contributed by atoms with Crippen LogP contribution in [-0.2, 0) is 16.0 Å². The number of amides is 1. The highest BCUT2D eigenvalue weighted by Crippen LogP contribution is 2.39. The van der Waals surface area contributed by atoms with Crippen molar-refractivity contribution in [3.63, 3.8) is 0 Å². The molecule has 1 aliphatic carbocycles. The van der Waals surface area contributed by atoms with Crippen LogP contribution in [0, 0.1) is 23.1 Å². The molecule has 192 valence electrons. The second-order valence-corrected chi connectivity index (χ2v) is 9.90. The van der Waals surface area contributed by atoms with Crippen molar-refractivity contribution in [1.29, 1.82) is 5.26 Å². The van der Waals surface area contributed by atoms with Crippen molar-refractivity contribution in [2.75, 3.05) is 23.4 Å². The van der Waals surface area contributed by atoms with E-state index in [0.717, 1.165) is 38.2 Å². The Balaban J connectivity index is 2.03. The van der Waals surface area contributed by atoms with Crippen molar-refractivity contribution in [3.05, 3.63) is 52.3 Å². The summed E-state index contributed by atoms with van der Waals surface area (Å²) in [6.45, 7) is 4.26. The van der Waals surface area contributed by atoms with Gasteiger partial charge in [0.2, 0.25) is 5.91 Å². The lowest BCUT2D eigenvalue weighted by atomic mass is 9.92. The molecule has 3 rings (SSSR count). The molecule has 2 aromatic carbocycles. The highest BCUT2D eigenvalue weighted by Gasteiger charge is 2.28. The van der Waals surface area contributed by atoms with E-state index in [1.165, 1.54) is 24.3 Å². The lowest BCUT2D eigenvalue weighted by molar-refractivity contribution is -0.139. The van der Waals surface area contributed by atoms with Crippen molar-refractivity contribution in [2.24, 2.45) is 5.92 Å². The van der Waals surface area contributed by atoms with Crippen LogP contribution in [0.5, 0.6) is 5.75 Å². The Bertz CT molecular complexity index is 1140. The molecule has 0 atom stereocenters. The maximum atomic E-state index is 14.3. The zero-order chi connectivity index (χ0) is 26.2. The lowest BCUT2D eigenvalue weighted by Crippen LogP contribution is -2.40. The molecular weight excluding hydrogens is 485 g/mol. The summed E-state index contributed by atoms with van der Waals surface area (Å²) in [7, 11) is 0. The molecule has 0 bridgehead atoms. The van der Waals surface area contributed by atoms with Gasteiger partial charge in [-0.1, -0.05) is 50.8 Å². The molecule has 0 aromatic heterocycles. The number of rotatable bonds is 10.